The smallest absolute Gasteiger partial charge is 0.238 e. The van der Waals surface area contributed by atoms with Crippen molar-refractivity contribution in [1.82, 2.24) is 49.9 Å². The molecule has 0 radical (unpaired) electrons. The van der Waals surface area contributed by atoms with Gasteiger partial charge in [0.15, 0.2) is 0 Å². The van der Waals surface area contributed by atoms with Crippen LogP contribution in [-0.4, -0.2) is 172 Å². The number of nitrogens with two attached hydrogens (primary N) is 1. The second-order valence-electron chi connectivity index (χ2n) is 21.3. The molecule has 3 saturated heterocycles. The van der Waals surface area contributed by atoms with Gasteiger partial charge in [-0.25, -0.2) is 29.9 Å². The summed E-state index contributed by atoms with van der Waals surface area (Å²) in [4.78, 5) is 69.9. The van der Waals surface area contributed by atoms with E-state index in [1.165, 1.54) is 0 Å². The van der Waals surface area contributed by atoms with Gasteiger partial charge < -0.3 is 52.4 Å². The Balaban J connectivity index is 0.000000150. The molecule has 0 atom stereocenters. The van der Waals surface area contributed by atoms with Gasteiger partial charge in [0.1, 0.15) is 0 Å². The number of aromatic nitrogens is 6. The lowest BCUT2D eigenvalue weighted by Gasteiger charge is -2.26. The van der Waals surface area contributed by atoms with Crippen LogP contribution in [-0.2, 0) is 23.9 Å². The fourth-order valence-corrected chi connectivity index (χ4v) is 10.7. The van der Waals surface area contributed by atoms with Crippen molar-refractivity contribution in [2.24, 2.45) is 0 Å². The van der Waals surface area contributed by atoms with Crippen molar-refractivity contribution in [2.75, 3.05) is 148 Å². The number of carbonyl (C=O) groups excluding carboxylic acids is 3. The summed E-state index contributed by atoms with van der Waals surface area (Å²) >= 11 is 1.94. The number of hydrogen-bond donors (Lipinski definition) is 8. The predicted octanol–water partition coefficient (Wildman–Crippen LogP) is 9.36. The molecular weight excluding hydrogens is 1170 g/mol. The van der Waals surface area contributed by atoms with Crippen molar-refractivity contribution in [3.8, 4) is 33.8 Å². The number of benzene rings is 6. The molecule has 0 saturated carbocycles. The predicted molar refractivity (Wildman–Crippen MR) is 363 cm³/mol. The van der Waals surface area contributed by atoms with Gasteiger partial charge in [-0.3, -0.25) is 29.1 Å². The molecular formula is C68H75N17O5S. The lowest BCUT2D eigenvalue weighted by Crippen LogP contribution is -2.41. The molecule has 6 heterocycles. The van der Waals surface area contributed by atoms with Crippen LogP contribution in [0.15, 0.2) is 195 Å². The van der Waals surface area contributed by atoms with Crippen molar-refractivity contribution in [3.63, 3.8) is 0 Å². The van der Waals surface area contributed by atoms with Crippen LogP contribution in [0.2, 0.25) is 0 Å². The van der Waals surface area contributed by atoms with Crippen LogP contribution in [0, 0.1) is 0 Å². The monoisotopic (exact) mass is 1240 g/mol. The SMILES string of the molecule is Nc1cccc(Nc2nccc(-c3ccc(NC(=O)CN4CCSCC4)cc3)n2)c1.O=C(CN1CCOCC1)Nc1ccc(-c2ccnc(Nc3ccccc3)n2)cc1.O=C(CNCCN1CCOCC1)Nc1ccc(-c2ccnc(Nc3ccccc3)n2)cc1. The molecule has 468 valence electrons. The Kier molecular flexibility index (Phi) is 24.2. The fraction of sp³-hybridized carbons (Fsp3) is 0.250. The Bertz CT molecular complexity index is 3710. The van der Waals surface area contributed by atoms with Gasteiger partial charge in [-0.15, -0.1) is 0 Å². The van der Waals surface area contributed by atoms with Crippen molar-refractivity contribution in [2.45, 2.75) is 0 Å². The maximum Gasteiger partial charge on any atom is 0.238 e. The molecule has 0 bridgehead atoms. The molecule has 0 spiro atoms. The zero-order chi connectivity index (χ0) is 62.7. The minimum absolute atomic E-state index is 0.0176. The van der Waals surface area contributed by atoms with E-state index in [9.17, 15) is 14.4 Å². The average molecular weight is 1240 g/mol. The summed E-state index contributed by atoms with van der Waals surface area (Å²) in [6.07, 6.45) is 5.17. The third-order valence-electron chi connectivity index (χ3n) is 14.5. The summed E-state index contributed by atoms with van der Waals surface area (Å²) in [5.74, 6) is 3.70. The fourth-order valence-electron chi connectivity index (χ4n) is 9.75. The number of thioether (sulfide) groups is 1. The number of morpholine rings is 2. The molecule has 3 aromatic heterocycles. The second-order valence-corrected chi connectivity index (χ2v) is 22.5. The van der Waals surface area contributed by atoms with Crippen LogP contribution in [0.5, 0.6) is 0 Å². The van der Waals surface area contributed by atoms with Crippen molar-refractivity contribution in [1.29, 1.82) is 0 Å². The van der Waals surface area contributed by atoms with Gasteiger partial charge in [0.25, 0.3) is 0 Å². The molecule has 12 rings (SSSR count). The maximum absolute atomic E-state index is 12.3. The van der Waals surface area contributed by atoms with E-state index in [1.807, 2.05) is 188 Å². The Labute approximate surface area is 534 Å². The van der Waals surface area contributed by atoms with Gasteiger partial charge in [0.05, 0.1) is 63.1 Å². The summed E-state index contributed by atoms with van der Waals surface area (Å²) in [6, 6.07) is 55.6. The van der Waals surface area contributed by atoms with E-state index in [-0.39, 0.29) is 24.3 Å². The lowest BCUT2D eigenvalue weighted by molar-refractivity contribution is -0.118. The third-order valence-corrected chi connectivity index (χ3v) is 15.4. The van der Waals surface area contributed by atoms with E-state index in [4.69, 9.17) is 15.2 Å². The maximum atomic E-state index is 12.3. The number of nitrogens with one attached hydrogen (secondary N) is 7. The lowest BCUT2D eigenvalue weighted by atomic mass is 10.1. The van der Waals surface area contributed by atoms with Gasteiger partial charge in [-0.2, -0.15) is 11.8 Å². The molecule has 6 aromatic carbocycles. The number of para-hydroxylation sites is 2. The van der Waals surface area contributed by atoms with Crippen LogP contribution < -0.4 is 43.0 Å². The van der Waals surface area contributed by atoms with E-state index in [1.54, 1.807) is 18.6 Å². The molecule has 91 heavy (non-hydrogen) atoms. The first-order valence-electron chi connectivity index (χ1n) is 30.3. The molecule has 3 aliphatic rings. The number of nitrogens with zero attached hydrogens (tertiary/aromatic N) is 9. The van der Waals surface area contributed by atoms with Gasteiger partial charge in [-0.1, -0.05) is 78.9 Å². The van der Waals surface area contributed by atoms with Crippen LogP contribution in [0.4, 0.5) is 57.7 Å². The number of ether oxygens (including phenoxy) is 2. The molecule has 3 fully saturated rings. The normalized spacial score (nSPS) is 14.2. The molecule has 23 heteroatoms. The van der Waals surface area contributed by atoms with Gasteiger partial charge in [0.2, 0.25) is 35.6 Å². The van der Waals surface area contributed by atoms with Crippen molar-refractivity contribution >= 4 is 87.1 Å². The number of amides is 3. The van der Waals surface area contributed by atoms with Crippen LogP contribution >= 0.6 is 11.8 Å². The summed E-state index contributed by atoms with van der Waals surface area (Å²) in [5, 5.41) is 21.6. The average Bonchev–Trinajstić information content (AvgIpc) is 3.66. The Morgan fingerprint density at radius 2 is 0.824 bits per heavy atom. The highest BCUT2D eigenvalue weighted by atomic mass is 32.2. The Morgan fingerprint density at radius 1 is 0.429 bits per heavy atom. The Hall–Kier alpha value is -9.72. The third kappa shape index (κ3) is 21.5. The van der Waals surface area contributed by atoms with E-state index in [0.29, 0.717) is 49.8 Å². The van der Waals surface area contributed by atoms with Crippen LogP contribution in [0.1, 0.15) is 0 Å². The van der Waals surface area contributed by atoms with Gasteiger partial charge in [-0.05, 0) is 97.1 Å². The van der Waals surface area contributed by atoms with E-state index >= 15 is 0 Å². The number of anilines is 10. The first-order valence-corrected chi connectivity index (χ1v) is 31.4. The first kappa shape index (κ1) is 64.3. The topological polar surface area (TPSA) is 267 Å². The highest BCUT2D eigenvalue weighted by Gasteiger charge is 2.17. The zero-order valence-corrected chi connectivity index (χ0v) is 51.4. The zero-order valence-electron chi connectivity index (χ0n) is 50.5. The summed E-state index contributed by atoms with van der Waals surface area (Å²) in [6.45, 7) is 11.2. The van der Waals surface area contributed by atoms with Crippen molar-refractivity contribution in [3.05, 3.63) is 195 Å². The molecule has 3 aliphatic heterocycles. The largest absolute Gasteiger partial charge is 0.399 e. The molecule has 9 aromatic rings. The summed E-state index contributed by atoms with van der Waals surface area (Å²) in [7, 11) is 0. The number of nitrogen functional groups attached to an aromatic ring is 1. The van der Waals surface area contributed by atoms with Crippen LogP contribution in [0.25, 0.3) is 33.8 Å². The number of carbonyl (C=O) groups is 3. The molecule has 3 amide bonds. The molecule has 9 N–H and O–H groups in total. The Morgan fingerprint density at radius 3 is 1.26 bits per heavy atom. The molecule has 0 unspecified atom stereocenters. The highest BCUT2D eigenvalue weighted by Crippen LogP contribution is 2.26. The minimum Gasteiger partial charge on any atom is -0.399 e. The minimum atomic E-state index is -0.0592. The highest BCUT2D eigenvalue weighted by molar-refractivity contribution is 7.99. The summed E-state index contributed by atoms with van der Waals surface area (Å²) < 4.78 is 10.6. The standard InChI is InChI=1S/C24H28N6O2.C22H24N6OS.C22H23N5O2/c31-23(18-25-12-13-30-14-16-32-17-15-30)27-21-8-6-19(7-9-21)22-10-11-26-24(29-22)28-20-4-2-1-3-5-20;23-17-2-1-3-19(14-17)26-22-24-9-8-20(27-22)16-4-6-18(7-5-16)25-21(29)15-28-10-12-30-13-11-28;28-21(16-27-12-14-29-15-13-27)24-19-8-6-17(7-9-19)20-10-11-23-22(26-20)25-18-4-2-1-3-5-18/h1-11,25H,12-18H2,(H,27,31)(H,26,28,29);1-9,14H,10-13,15,23H2,(H,25,29)(H,24,26,27);1-11H,12-16H2,(H,24,28)(H,23,25,26). The van der Waals surface area contributed by atoms with Crippen molar-refractivity contribution < 1.29 is 23.9 Å². The summed E-state index contributed by atoms with van der Waals surface area (Å²) in [5.41, 5.74) is 16.7. The quantitative estimate of drug-likeness (QED) is 0.0246. The number of hydrogen-bond acceptors (Lipinski definition) is 20. The van der Waals surface area contributed by atoms with Gasteiger partial charge >= 0.3 is 0 Å². The first-order chi connectivity index (χ1) is 44.7. The van der Waals surface area contributed by atoms with E-state index in [0.717, 1.165) is 145 Å². The second kappa shape index (κ2) is 34.3. The number of rotatable bonds is 21. The van der Waals surface area contributed by atoms with Gasteiger partial charge in [0, 0.05) is 139 Å². The molecule has 0 aliphatic carbocycles. The molecule has 22 nitrogen and oxygen atoms in total. The van der Waals surface area contributed by atoms with E-state index in [2.05, 4.69) is 81.8 Å². The van der Waals surface area contributed by atoms with E-state index < -0.39 is 0 Å². The van der Waals surface area contributed by atoms with Crippen LogP contribution in [0.3, 0.4) is 0 Å².